The van der Waals surface area contributed by atoms with E-state index >= 15 is 0 Å². The highest BCUT2D eigenvalue weighted by atomic mass is 32.2. The predicted molar refractivity (Wildman–Crippen MR) is 58.3 cm³/mol. The maximum atomic E-state index is 7.40. The first-order valence-corrected chi connectivity index (χ1v) is 5.67. The summed E-state index contributed by atoms with van der Waals surface area (Å²) in [6.07, 6.45) is 4.28. The molecule has 0 aliphatic carbocycles. The van der Waals surface area contributed by atoms with Crippen molar-refractivity contribution in [2.24, 2.45) is 0 Å². The molecule has 1 aliphatic heterocycles. The molecule has 0 amide bonds. The molecule has 1 aliphatic rings. The quantitative estimate of drug-likeness (QED) is 0.705. The third kappa shape index (κ3) is 2.76. The van der Waals surface area contributed by atoms with Gasteiger partial charge in [0.05, 0.1) is 0 Å². The minimum atomic E-state index is -0.268. The van der Waals surface area contributed by atoms with Crippen molar-refractivity contribution in [3.8, 4) is 0 Å². The molecule has 3 heteroatoms. The summed E-state index contributed by atoms with van der Waals surface area (Å²) in [6.45, 7) is 6.21. The molecule has 0 unspecified atom stereocenters. The van der Waals surface area contributed by atoms with Gasteiger partial charge in [0.15, 0.2) is 0 Å². The van der Waals surface area contributed by atoms with Gasteiger partial charge in [-0.05, 0) is 26.0 Å². The SMILES string of the molecule is CCCCSC1=CC(=N)OC1(C)C. The van der Waals surface area contributed by atoms with Crippen LogP contribution in [0, 0.1) is 5.41 Å². The smallest absolute Gasteiger partial charge is 0.207 e. The van der Waals surface area contributed by atoms with Crippen LogP contribution in [0.25, 0.3) is 0 Å². The van der Waals surface area contributed by atoms with Gasteiger partial charge >= 0.3 is 0 Å². The standard InChI is InChI=1S/C10H17NOS/c1-4-5-6-13-8-7-9(11)12-10(8,2)3/h7,11H,4-6H2,1-3H3. The first-order chi connectivity index (χ1) is 6.06. The van der Waals surface area contributed by atoms with E-state index in [0.29, 0.717) is 5.90 Å². The summed E-state index contributed by atoms with van der Waals surface area (Å²) in [5.74, 6) is 1.42. The summed E-state index contributed by atoms with van der Waals surface area (Å²) in [4.78, 5) is 1.19. The number of nitrogens with one attached hydrogen (secondary N) is 1. The highest BCUT2D eigenvalue weighted by molar-refractivity contribution is 8.03. The first kappa shape index (κ1) is 10.6. The third-order valence-corrected chi connectivity index (χ3v) is 3.39. The monoisotopic (exact) mass is 199 g/mol. The molecule has 74 valence electrons. The molecule has 0 fully saturated rings. The van der Waals surface area contributed by atoms with Gasteiger partial charge in [-0.1, -0.05) is 13.3 Å². The summed E-state index contributed by atoms with van der Waals surface area (Å²) in [7, 11) is 0. The van der Waals surface area contributed by atoms with E-state index in [1.165, 1.54) is 17.7 Å². The van der Waals surface area contributed by atoms with E-state index in [0.717, 1.165) is 5.75 Å². The lowest BCUT2D eigenvalue weighted by Gasteiger charge is -2.21. The first-order valence-electron chi connectivity index (χ1n) is 4.69. The van der Waals surface area contributed by atoms with Gasteiger partial charge in [0.25, 0.3) is 0 Å². The Hall–Kier alpha value is -0.440. The number of unbranched alkanes of at least 4 members (excludes halogenated alkanes) is 1. The highest BCUT2D eigenvalue weighted by Crippen LogP contribution is 2.35. The fraction of sp³-hybridized carbons (Fsp3) is 0.700. The van der Waals surface area contributed by atoms with E-state index in [4.69, 9.17) is 10.1 Å². The van der Waals surface area contributed by atoms with E-state index in [-0.39, 0.29) is 5.60 Å². The van der Waals surface area contributed by atoms with Gasteiger partial charge in [-0.15, -0.1) is 11.8 Å². The molecule has 0 aromatic carbocycles. The Balaban J connectivity index is 2.48. The Kier molecular flexibility index (Phi) is 3.42. The normalized spacial score (nSPS) is 19.9. The number of ether oxygens (including phenoxy) is 1. The van der Waals surface area contributed by atoms with Gasteiger partial charge in [-0.3, -0.25) is 5.41 Å². The zero-order valence-electron chi connectivity index (χ0n) is 8.52. The second-order valence-electron chi connectivity index (χ2n) is 3.69. The minimum Gasteiger partial charge on any atom is -0.467 e. The van der Waals surface area contributed by atoms with Crippen molar-refractivity contribution in [1.82, 2.24) is 0 Å². The fourth-order valence-corrected chi connectivity index (χ4v) is 2.42. The third-order valence-electron chi connectivity index (χ3n) is 1.98. The van der Waals surface area contributed by atoms with Crippen LogP contribution in [0.5, 0.6) is 0 Å². The van der Waals surface area contributed by atoms with E-state index < -0.39 is 0 Å². The molecule has 1 rings (SSSR count). The molecule has 0 saturated carbocycles. The summed E-state index contributed by atoms with van der Waals surface area (Å²) in [5.41, 5.74) is -0.268. The Morgan fingerprint density at radius 1 is 1.54 bits per heavy atom. The molecule has 13 heavy (non-hydrogen) atoms. The fourth-order valence-electron chi connectivity index (χ4n) is 1.19. The molecular weight excluding hydrogens is 182 g/mol. The van der Waals surface area contributed by atoms with Crippen molar-refractivity contribution >= 4 is 17.7 Å². The maximum absolute atomic E-state index is 7.40. The second kappa shape index (κ2) is 4.18. The van der Waals surface area contributed by atoms with Crippen LogP contribution in [0.4, 0.5) is 0 Å². The van der Waals surface area contributed by atoms with Crippen LogP contribution in [0.2, 0.25) is 0 Å². The Labute approximate surface area is 84.3 Å². The van der Waals surface area contributed by atoms with E-state index in [2.05, 4.69) is 6.92 Å². The maximum Gasteiger partial charge on any atom is 0.207 e. The summed E-state index contributed by atoms with van der Waals surface area (Å²) >= 11 is 1.81. The predicted octanol–water partition coefficient (Wildman–Crippen LogP) is 3.19. The van der Waals surface area contributed by atoms with E-state index in [1.807, 2.05) is 31.7 Å². The average Bonchev–Trinajstić information content (AvgIpc) is 2.25. The number of hydrogen-bond acceptors (Lipinski definition) is 3. The lowest BCUT2D eigenvalue weighted by Crippen LogP contribution is -2.21. The number of rotatable bonds is 4. The zero-order chi connectivity index (χ0) is 9.90. The molecule has 0 radical (unpaired) electrons. The van der Waals surface area contributed by atoms with Crippen molar-refractivity contribution in [1.29, 1.82) is 5.41 Å². The van der Waals surface area contributed by atoms with Crippen LogP contribution >= 0.6 is 11.8 Å². The van der Waals surface area contributed by atoms with E-state index in [1.54, 1.807) is 0 Å². The van der Waals surface area contributed by atoms with Gasteiger partial charge in [0, 0.05) is 11.0 Å². The van der Waals surface area contributed by atoms with E-state index in [9.17, 15) is 0 Å². The lowest BCUT2D eigenvalue weighted by atomic mass is 10.1. The largest absolute Gasteiger partial charge is 0.467 e. The van der Waals surface area contributed by atoms with Crippen LogP contribution < -0.4 is 0 Å². The average molecular weight is 199 g/mol. The van der Waals surface area contributed by atoms with Crippen molar-refractivity contribution in [3.05, 3.63) is 11.0 Å². The van der Waals surface area contributed by atoms with Gasteiger partial charge in [-0.2, -0.15) is 0 Å². The molecule has 0 saturated heterocycles. The Morgan fingerprint density at radius 2 is 2.23 bits per heavy atom. The Morgan fingerprint density at radius 3 is 2.69 bits per heavy atom. The minimum absolute atomic E-state index is 0.268. The second-order valence-corrected chi connectivity index (χ2v) is 4.82. The van der Waals surface area contributed by atoms with Crippen molar-refractivity contribution < 1.29 is 4.74 Å². The van der Waals surface area contributed by atoms with Crippen LogP contribution in [0.1, 0.15) is 33.6 Å². The lowest BCUT2D eigenvalue weighted by molar-refractivity contribution is 0.157. The number of thioether (sulfide) groups is 1. The van der Waals surface area contributed by atoms with Crippen molar-refractivity contribution in [2.45, 2.75) is 39.2 Å². The molecule has 0 aromatic rings. The summed E-state index contributed by atoms with van der Waals surface area (Å²) < 4.78 is 5.36. The Bertz CT molecular complexity index is 233. The van der Waals surface area contributed by atoms with Gasteiger partial charge in [0.1, 0.15) is 5.60 Å². The number of hydrogen-bond donors (Lipinski definition) is 1. The molecule has 2 nitrogen and oxygen atoms in total. The molecule has 1 N–H and O–H groups in total. The molecule has 0 atom stereocenters. The summed E-state index contributed by atoms with van der Waals surface area (Å²) in [6, 6.07) is 0. The highest BCUT2D eigenvalue weighted by Gasteiger charge is 2.32. The van der Waals surface area contributed by atoms with Crippen LogP contribution in [0.15, 0.2) is 11.0 Å². The van der Waals surface area contributed by atoms with Gasteiger partial charge < -0.3 is 4.74 Å². The van der Waals surface area contributed by atoms with Crippen LogP contribution in [-0.2, 0) is 4.74 Å². The molecule has 1 heterocycles. The zero-order valence-corrected chi connectivity index (χ0v) is 9.33. The topological polar surface area (TPSA) is 33.1 Å². The van der Waals surface area contributed by atoms with Crippen molar-refractivity contribution in [3.63, 3.8) is 0 Å². The van der Waals surface area contributed by atoms with Crippen molar-refractivity contribution in [2.75, 3.05) is 5.75 Å². The molecule has 0 bridgehead atoms. The van der Waals surface area contributed by atoms with Gasteiger partial charge in [0.2, 0.25) is 5.90 Å². The van der Waals surface area contributed by atoms with Gasteiger partial charge in [-0.25, -0.2) is 0 Å². The van der Waals surface area contributed by atoms with Crippen LogP contribution in [-0.4, -0.2) is 17.3 Å². The van der Waals surface area contributed by atoms with Crippen LogP contribution in [0.3, 0.4) is 0 Å². The summed E-state index contributed by atoms with van der Waals surface area (Å²) in [5, 5.41) is 7.40. The molecule has 0 aromatic heterocycles. The molecule has 0 spiro atoms. The molecular formula is C10H17NOS.